The molecular weight excluding hydrogens is 438 g/mol. The van der Waals surface area contributed by atoms with E-state index < -0.39 is 12.0 Å². The monoisotopic (exact) mass is 461 g/mol. The van der Waals surface area contributed by atoms with Crippen LogP contribution in [0.1, 0.15) is 19.3 Å². The second kappa shape index (κ2) is 7.97. The Morgan fingerprint density at radius 1 is 1.21 bits per heavy atom. The summed E-state index contributed by atoms with van der Waals surface area (Å²) in [5, 5.41) is 22.9. The second-order valence-corrected chi connectivity index (χ2v) is 8.40. The zero-order chi connectivity index (χ0) is 23.2. The topological polar surface area (TPSA) is 136 Å². The molecule has 1 saturated heterocycles. The molecule has 2 aliphatic heterocycles. The number of carboxylic acids is 1. The number of aliphatic carboxylic acids is 1. The number of ether oxygens (including phenoxy) is 1. The molecule has 12 heteroatoms. The van der Waals surface area contributed by atoms with Crippen LogP contribution in [-0.4, -0.2) is 64.8 Å². The molecule has 0 radical (unpaired) electrons. The third-order valence-electron chi connectivity index (χ3n) is 6.22. The van der Waals surface area contributed by atoms with Crippen molar-refractivity contribution in [3.63, 3.8) is 0 Å². The number of carboxylic acid groups (broad SMARTS) is 1. The average Bonchev–Trinajstić information content (AvgIpc) is 3.54. The number of nitrogens with zero attached hydrogens (tertiary/aromatic N) is 8. The van der Waals surface area contributed by atoms with E-state index in [2.05, 4.69) is 25.4 Å². The number of aryl methyl sites for hydroxylation is 2. The van der Waals surface area contributed by atoms with Gasteiger partial charge in [-0.05, 0) is 18.9 Å². The molecule has 0 saturated carbocycles. The van der Waals surface area contributed by atoms with Crippen LogP contribution in [0.25, 0.3) is 22.3 Å². The molecule has 4 aromatic rings. The van der Waals surface area contributed by atoms with Gasteiger partial charge in [-0.15, -0.1) is 0 Å². The van der Waals surface area contributed by atoms with Crippen molar-refractivity contribution >= 4 is 34.3 Å². The Bertz CT molecular complexity index is 1400. The average molecular weight is 461 g/mol. The molecule has 1 atom stereocenters. The molecule has 2 aliphatic rings. The third kappa shape index (κ3) is 3.38. The van der Waals surface area contributed by atoms with Crippen LogP contribution in [-0.2, 0) is 18.4 Å². The van der Waals surface area contributed by atoms with Crippen molar-refractivity contribution in [2.24, 2.45) is 7.05 Å². The fourth-order valence-electron chi connectivity index (χ4n) is 4.60. The van der Waals surface area contributed by atoms with Gasteiger partial charge in [0.15, 0.2) is 11.6 Å². The van der Waals surface area contributed by atoms with Crippen LogP contribution in [0.4, 0.5) is 17.5 Å². The summed E-state index contributed by atoms with van der Waals surface area (Å²) in [7, 11) is 1.82. The highest BCUT2D eigenvalue weighted by molar-refractivity contribution is 5.93. The minimum Gasteiger partial charge on any atom is -0.480 e. The summed E-state index contributed by atoms with van der Waals surface area (Å²) in [6.45, 7) is 1.69. The molecule has 174 valence electrons. The van der Waals surface area contributed by atoms with E-state index in [0.717, 1.165) is 17.3 Å². The molecule has 4 aromatic heterocycles. The maximum atomic E-state index is 11.8. The Morgan fingerprint density at radius 2 is 2.12 bits per heavy atom. The number of carbonyl (C=O) groups is 1. The van der Waals surface area contributed by atoms with Gasteiger partial charge in [0.1, 0.15) is 23.2 Å². The van der Waals surface area contributed by atoms with Gasteiger partial charge in [-0.1, -0.05) is 0 Å². The van der Waals surface area contributed by atoms with Gasteiger partial charge in [0.05, 0.1) is 23.7 Å². The van der Waals surface area contributed by atoms with E-state index in [1.807, 2.05) is 22.7 Å². The number of hydrogen-bond donors (Lipinski definition) is 2. The normalized spacial score (nSPS) is 17.8. The molecule has 2 N–H and O–H groups in total. The highest BCUT2D eigenvalue weighted by Gasteiger charge is 2.33. The molecular formula is C22H23N9O3. The van der Waals surface area contributed by atoms with E-state index in [1.54, 1.807) is 29.3 Å². The predicted molar refractivity (Wildman–Crippen MR) is 123 cm³/mol. The van der Waals surface area contributed by atoms with E-state index in [4.69, 9.17) is 9.84 Å². The Balaban J connectivity index is 1.44. The lowest BCUT2D eigenvalue weighted by atomic mass is 10.2. The van der Waals surface area contributed by atoms with Gasteiger partial charge in [-0.3, -0.25) is 4.68 Å². The fraction of sp³-hybridized carbons (Fsp3) is 0.364. The minimum absolute atomic E-state index is 0.445. The van der Waals surface area contributed by atoms with Crippen molar-refractivity contribution in [1.29, 1.82) is 0 Å². The van der Waals surface area contributed by atoms with Crippen molar-refractivity contribution in [3.05, 3.63) is 30.7 Å². The van der Waals surface area contributed by atoms with E-state index in [-0.39, 0.29) is 0 Å². The van der Waals surface area contributed by atoms with Gasteiger partial charge >= 0.3 is 5.97 Å². The molecule has 6 heterocycles. The zero-order valence-corrected chi connectivity index (χ0v) is 18.5. The van der Waals surface area contributed by atoms with Crippen LogP contribution >= 0.6 is 0 Å². The maximum Gasteiger partial charge on any atom is 0.326 e. The van der Waals surface area contributed by atoms with Crippen LogP contribution in [0.15, 0.2) is 30.7 Å². The molecule has 0 aliphatic carbocycles. The van der Waals surface area contributed by atoms with Gasteiger partial charge in [0.2, 0.25) is 5.88 Å². The predicted octanol–water partition coefficient (Wildman–Crippen LogP) is 2.20. The Morgan fingerprint density at radius 3 is 3.00 bits per heavy atom. The van der Waals surface area contributed by atoms with Crippen LogP contribution in [0, 0.1) is 0 Å². The summed E-state index contributed by atoms with van der Waals surface area (Å²) in [4.78, 5) is 27.3. The first-order valence-electron chi connectivity index (χ1n) is 11.2. The van der Waals surface area contributed by atoms with Crippen LogP contribution in [0.2, 0.25) is 0 Å². The first kappa shape index (κ1) is 20.4. The van der Waals surface area contributed by atoms with Crippen LogP contribution < -0.4 is 15.0 Å². The van der Waals surface area contributed by atoms with E-state index in [1.165, 1.54) is 0 Å². The van der Waals surface area contributed by atoms with Gasteiger partial charge < -0.3 is 20.1 Å². The number of hydrogen-bond acceptors (Lipinski definition) is 9. The molecule has 0 aromatic carbocycles. The summed E-state index contributed by atoms with van der Waals surface area (Å²) in [6, 6.07) is 3.11. The number of fused-ring (bicyclic) bond motifs is 5. The van der Waals surface area contributed by atoms with Gasteiger partial charge in [0, 0.05) is 45.0 Å². The summed E-state index contributed by atoms with van der Waals surface area (Å²) < 4.78 is 9.63. The lowest BCUT2D eigenvalue weighted by molar-refractivity contribution is -0.138. The van der Waals surface area contributed by atoms with Crippen LogP contribution in [0.5, 0.6) is 5.88 Å². The third-order valence-corrected chi connectivity index (χ3v) is 6.22. The largest absolute Gasteiger partial charge is 0.480 e. The van der Waals surface area contributed by atoms with Gasteiger partial charge in [0.25, 0.3) is 0 Å². The molecule has 0 amide bonds. The fourth-order valence-corrected chi connectivity index (χ4v) is 4.60. The number of anilines is 3. The Labute approximate surface area is 194 Å². The highest BCUT2D eigenvalue weighted by Crippen LogP contribution is 2.33. The Kier molecular flexibility index (Phi) is 4.78. The summed E-state index contributed by atoms with van der Waals surface area (Å²) in [6.07, 6.45) is 7.22. The molecule has 4 bridgehead atoms. The van der Waals surface area contributed by atoms with Crippen molar-refractivity contribution in [2.45, 2.75) is 31.8 Å². The molecule has 6 rings (SSSR count). The standard InChI is InChI=1S/C22H23N9O3/c1-29-21-14(12-25-29)19-23-6-5-17(27-19)26-18-10-16-13(11-24-18)20(28-31(16)8-3-9-34-21)30-7-2-4-15(30)22(32)33/h5-6,10-12,15H,2-4,7-9H2,1H3,(H,32,33)(H,23,24,26,27). The smallest absolute Gasteiger partial charge is 0.326 e. The minimum atomic E-state index is -0.829. The number of nitrogens with one attached hydrogen (secondary N) is 1. The van der Waals surface area contributed by atoms with E-state index >= 15 is 0 Å². The van der Waals surface area contributed by atoms with Crippen molar-refractivity contribution in [2.75, 3.05) is 23.4 Å². The lowest BCUT2D eigenvalue weighted by Gasteiger charge is -2.21. The first-order chi connectivity index (χ1) is 16.6. The van der Waals surface area contributed by atoms with Crippen LogP contribution in [0.3, 0.4) is 0 Å². The zero-order valence-electron chi connectivity index (χ0n) is 18.5. The first-order valence-corrected chi connectivity index (χ1v) is 11.2. The number of aromatic nitrogens is 7. The summed E-state index contributed by atoms with van der Waals surface area (Å²) in [5.74, 6) is 2.12. The number of rotatable bonds is 2. The SMILES string of the molecule is Cn1ncc2c1OCCCn1nc(N3CCCC3C(=O)O)c3cnc(cc31)Nc1ccnc-2n1. The van der Waals surface area contributed by atoms with Crippen molar-refractivity contribution < 1.29 is 14.6 Å². The molecule has 1 fully saturated rings. The lowest BCUT2D eigenvalue weighted by Crippen LogP contribution is -2.36. The highest BCUT2D eigenvalue weighted by atomic mass is 16.5. The Hall–Kier alpha value is -4.22. The molecule has 1 unspecified atom stereocenters. The summed E-state index contributed by atoms with van der Waals surface area (Å²) in [5.41, 5.74) is 1.58. The molecule has 0 spiro atoms. The second-order valence-electron chi connectivity index (χ2n) is 8.40. The van der Waals surface area contributed by atoms with Crippen molar-refractivity contribution in [1.82, 2.24) is 34.5 Å². The number of pyridine rings is 1. The maximum absolute atomic E-state index is 11.8. The van der Waals surface area contributed by atoms with E-state index in [9.17, 15) is 9.90 Å². The molecule has 34 heavy (non-hydrogen) atoms. The van der Waals surface area contributed by atoms with Gasteiger partial charge in [-0.2, -0.15) is 10.2 Å². The van der Waals surface area contributed by atoms with Crippen molar-refractivity contribution in [3.8, 4) is 17.3 Å². The summed E-state index contributed by atoms with van der Waals surface area (Å²) >= 11 is 0. The van der Waals surface area contributed by atoms with E-state index in [0.29, 0.717) is 67.3 Å². The quantitative estimate of drug-likeness (QED) is 0.457. The molecule has 12 nitrogen and oxygen atoms in total. The van der Waals surface area contributed by atoms with Gasteiger partial charge in [-0.25, -0.2) is 24.4 Å².